The van der Waals surface area contributed by atoms with E-state index in [1.807, 2.05) is 0 Å². The number of pyridine rings is 1. The second-order valence-electron chi connectivity index (χ2n) is 10.5. The number of nitrogens with zero attached hydrogens (tertiary/aromatic N) is 2. The topological polar surface area (TPSA) is 102 Å². The lowest BCUT2D eigenvalue weighted by atomic mass is 9.65. The van der Waals surface area contributed by atoms with Gasteiger partial charge < -0.3 is 15.4 Å². The summed E-state index contributed by atoms with van der Waals surface area (Å²) in [5.41, 5.74) is 0.767. The standard InChI is InChI=1S/C27H25F3N4O2/c28-15-8-16-19(11-32-25(16)20(29)9-15)24-18(10-31)21(13-4-5-13)22(30)26(34-24)33-23-14-3-1-2-12(6-14)7-17(23)27(35)36/h8-9,11-14,17,23,32H,1-7H2,(H,33,34)(H,35,36). The van der Waals surface area contributed by atoms with Crippen LogP contribution in [-0.2, 0) is 4.79 Å². The fraction of sp³-hybridized carbons (Fsp3) is 0.444. The van der Waals surface area contributed by atoms with E-state index in [1.54, 1.807) is 0 Å². The first-order valence-corrected chi connectivity index (χ1v) is 12.4. The van der Waals surface area contributed by atoms with E-state index in [2.05, 4.69) is 21.4 Å². The van der Waals surface area contributed by atoms with E-state index < -0.39 is 35.4 Å². The molecule has 3 saturated carbocycles. The molecule has 3 aliphatic carbocycles. The van der Waals surface area contributed by atoms with E-state index in [0.29, 0.717) is 17.9 Å². The number of halogens is 3. The van der Waals surface area contributed by atoms with Crippen LogP contribution in [0.2, 0.25) is 0 Å². The van der Waals surface area contributed by atoms with Gasteiger partial charge in [0.2, 0.25) is 0 Å². The number of H-pyrrole nitrogens is 1. The highest BCUT2D eigenvalue weighted by molar-refractivity contribution is 5.96. The normalized spacial score (nSPS) is 25.5. The number of fused-ring (bicyclic) bond motifs is 3. The maximum atomic E-state index is 15.9. The average Bonchev–Trinajstić information content (AvgIpc) is 3.59. The van der Waals surface area contributed by atoms with Crippen molar-refractivity contribution in [2.75, 3.05) is 5.32 Å². The van der Waals surface area contributed by atoms with E-state index >= 15 is 4.39 Å². The molecule has 0 aliphatic heterocycles. The number of carboxylic acids is 1. The molecule has 2 aromatic heterocycles. The van der Waals surface area contributed by atoms with Crippen LogP contribution in [0.15, 0.2) is 18.3 Å². The van der Waals surface area contributed by atoms with Gasteiger partial charge in [0.05, 0.1) is 22.7 Å². The zero-order chi connectivity index (χ0) is 25.1. The fourth-order valence-electron chi connectivity index (χ4n) is 6.43. The number of benzene rings is 1. The number of aromatic amines is 1. The third-order valence-corrected chi connectivity index (χ3v) is 8.21. The fourth-order valence-corrected chi connectivity index (χ4v) is 6.43. The summed E-state index contributed by atoms with van der Waals surface area (Å²) in [5, 5.41) is 23.3. The molecule has 4 atom stereocenters. The van der Waals surface area contributed by atoms with Crippen molar-refractivity contribution < 1.29 is 23.1 Å². The molecule has 3 fully saturated rings. The van der Waals surface area contributed by atoms with Crippen LogP contribution >= 0.6 is 0 Å². The number of aliphatic carboxylic acids is 1. The number of hydrogen-bond donors (Lipinski definition) is 3. The van der Waals surface area contributed by atoms with Crippen molar-refractivity contribution in [3.8, 4) is 17.3 Å². The highest BCUT2D eigenvalue weighted by Gasteiger charge is 2.44. The molecule has 0 amide bonds. The van der Waals surface area contributed by atoms with Gasteiger partial charge in [-0.2, -0.15) is 5.26 Å². The molecule has 3 aliphatic rings. The molecule has 0 saturated heterocycles. The summed E-state index contributed by atoms with van der Waals surface area (Å²) >= 11 is 0. The van der Waals surface area contributed by atoms with Gasteiger partial charge >= 0.3 is 5.97 Å². The minimum atomic E-state index is -0.914. The summed E-state index contributed by atoms with van der Waals surface area (Å²) in [5.74, 6) is -3.60. The van der Waals surface area contributed by atoms with Crippen molar-refractivity contribution >= 4 is 22.7 Å². The second-order valence-corrected chi connectivity index (χ2v) is 10.5. The minimum absolute atomic E-state index is 0.0438. The Kier molecular flexibility index (Phi) is 5.43. The summed E-state index contributed by atoms with van der Waals surface area (Å²) in [6.07, 6.45) is 7.19. The van der Waals surface area contributed by atoms with Crippen molar-refractivity contribution in [3.05, 3.63) is 46.9 Å². The number of nitriles is 1. The number of hydrogen-bond acceptors (Lipinski definition) is 4. The summed E-state index contributed by atoms with van der Waals surface area (Å²) in [4.78, 5) is 19.4. The van der Waals surface area contributed by atoms with Gasteiger partial charge in [-0.1, -0.05) is 12.8 Å². The summed E-state index contributed by atoms with van der Waals surface area (Å²) in [6.45, 7) is 0. The van der Waals surface area contributed by atoms with Crippen molar-refractivity contribution in [3.63, 3.8) is 0 Å². The van der Waals surface area contributed by atoms with Crippen LogP contribution in [0.5, 0.6) is 0 Å². The Bertz CT molecular complexity index is 1420. The third-order valence-electron chi connectivity index (χ3n) is 8.21. The molecule has 36 heavy (non-hydrogen) atoms. The van der Waals surface area contributed by atoms with Crippen LogP contribution in [0.1, 0.15) is 62.0 Å². The second kappa shape index (κ2) is 8.54. The molecule has 9 heteroatoms. The van der Waals surface area contributed by atoms with Gasteiger partial charge in [-0.3, -0.25) is 4.79 Å². The van der Waals surface area contributed by atoms with E-state index in [4.69, 9.17) is 0 Å². The predicted molar refractivity (Wildman–Crippen MR) is 127 cm³/mol. The molecule has 3 N–H and O–H groups in total. The van der Waals surface area contributed by atoms with Crippen molar-refractivity contribution in [1.29, 1.82) is 5.26 Å². The number of aromatic nitrogens is 2. The Hall–Kier alpha value is -3.54. The molecule has 0 radical (unpaired) electrons. The molecule has 2 bridgehead atoms. The maximum absolute atomic E-state index is 15.9. The molecule has 0 spiro atoms. The average molecular weight is 495 g/mol. The van der Waals surface area contributed by atoms with Crippen LogP contribution < -0.4 is 5.32 Å². The molecule has 4 unspecified atom stereocenters. The molecular weight excluding hydrogens is 469 g/mol. The highest BCUT2D eigenvalue weighted by atomic mass is 19.1. The first-order valence-electron chi connectivity index (χ1n) is 12.4. The largest absolute Gasteiger partial charge is 0.481 e. The Morgan fingerprint density at radius 2 is 1.97 bits per heavy atom. The van der Waals surface area contributed by atoms with Gasteiger partial charge in [-0.15, -0.1) is 0 Å². The monoisotopic (exact) mass is 494 g/mol. The van der Waals surface area contributed by atoms with E-state index in [0.717, 1.165) is 50.7 Å². The van der Waals surface area contributed by atoms with Crippen molar-refractivity contribution in [2.24, 2.45) is 17.8 Å². The molecule has 6 nitrogen and oxygen atoms in total. The Morgan fingerprint density at radius 3 is 2.69 bits per heavy atom. The van der Waals surface area contributed by atoms with E-state index in [1.165, 1.54) is 6.20 Å². The molecule has 6 rings (SSSR count). The number of rotatable bonds is 5. The zero-order valence-corrected chi connectivity index (χ0v) is 19.5. The lowest BCUT2D eigenvalue weighted by Gasteiger charge is -2.44. The first-order chi connectivity index (χ1) is 17.4. The summed E-state index contributed by atoms with van der Waals surface area (Å²) < 4.78 is 44.4. The van der Waals surface area contributed by atoms with E-state index in [-0.39, 0.29) is 45.4 Å². The lowest BCUT2D eigenvalue weighted by molar-refractivity contribution is -0.145. The summed E-state index contributed by atoms with van der Waals surface area (Å²) in [6, 6.07) is 3.50. The van der Waals surface area contributed by atoms with Gasteiger partial charge in [-0.05, 0) is 55.9 Å². The molecule has 1 aromatic carbocycles. The van der Waals surface area contributed by atoms with Crippen LogP contribution in [-0.4, -0.2) is 27.1 Å². The van der Waals surface area contributed by atoms with Crippen molar-refractivity contribution in [2.45, 2.75) is 56.9 Å². The number of anilines is 1. The van der Waals surface area contributed by atoms with Crippen LogP contribution in [0.3, 0.4) is 0 Å². The molecule has 186 valence electrons. The molecule has 3 aromatic rings. The quantitative estimate of drug-likeness (QED) is 0.399. The van der Waals surface area contributed by atoms with Gasteiger partial charge in [0.25, 0.3) is 0 Å². The lowest BCUT2D eigenvalue weighted by Crippen LogP contribution is -2.47. The van der Waals surface area contributed by atoms with E-state index in [9.17, 15) is 23.9 Å². The van der Waals surface area contributed by atoms with Gasteiger partial charge in [-0.25, -0.2) is 18.2 Å². The molecular formula is C27H25F3N4O2. The zero-order valence-electron chi connectivity index (χ0n) is 19.5. The molecule has 2 heterocycles. The number of carbonyl (C=O) groups is 1. The van der Waals surface area contributed by atoms with Crippen LogP contribution in [0.4, 0.5) is 19.0 Å². The van der Waals surface area contributed by atoms with Crippen LogP contribution in [0.25, 0.3) is 22.2 Å². The predicted octanol–water partition coefficient (Wildman–Crippen LogP) is 6.09. The smallest absolute Gasteiger partial charge is 0.308 e. The van der Waals surface area contributed by atoms with Crippen LogP contribution in [0, 0.1) is 46.5 Å². The number of nitrogens with one attached hydrogen (secondary N) is 2. The Morgan fingerprint density at radius 1 is 1.17 bits per heavy atom. The first kappa shape index (κ1) is 22.9. The maximum Gasteiger partial charge on any atom is 0.308 e. The third kappa shape index (κ3) is 3.71. The van der Waals surface area contributed by atoms with Gasteiger partial charge in [0.15, 0.2) is 11.6 Å². The Labute approximate surface area is 205 Å². The number of carboxylic acid groups (broad SMARTS) is 1. The summed E-state index contributed by atoms with van der Waals surface area (Å²) in [7, 11) is 0. The van der Waals surface area contributed by atoms with Gasteiger partial charge in [0.1, 0.15) is 17.7 Å². The minimum Gasteiger partial charge on any atom is -0.481 e. The van der Waals surface area contributed by atoms with Gasteiger partial charge in [0, 0.05) is 34.8 Å². The SMILES string of the molecule is N#Cc1c(-c2c[nH]c3c(F)cc(F)cc23)nc(NC2C3CCCC(C3)CC2C(=O)O)c(F)c1C1CC1. The highest BCUT2D eigenvalue weighted by Crippen LogP contribution is 2.48. The Balaban J connectivity index is 1.51. The van der Waals surface area contributed by atoms with Crippen molar-refractivity contribution in [1.82, 2.24) is 9.97 Å².